The Labute approximate surface area is 164 Å². The quantitative estimate of drug-likeness (QED) is 0.390. The summed E-state index contributed by atoms with van der Waals surface area (Å²) in [6, 6.07) is 19.0. The Kier molecular flexibility index (Phi) is 4.71. The van der Waals surface area contributed by atoms with E-state index in [0.29, 0.717) is 26.4 Å². The first-order valence-electron chi connectivity index (χ1n) is 8.45. The summed E-state index contributed by atoms with van der Waals surface area (Å²) in [6.07, 6.45) is 0. The number of hydrogen-bond acceptors (Lipinski definition) is 3. The van der Waals surface area contributed by atoms with Crippen LogP contribution in [0.5, 0.6) is 0 Å². The second-order valence-corrected chi connectivity index (χ2v) is 6.58. The molecule has 1 aromatic heterocycles. The minimum absolute atomic E-state index is 0.0421. The Morgan fingerprint density at radius 3 is 2.61 bits per heavy atom. The third-order valence-electron chi connectivity index (χ3n) is 4.26. The van der Waals surface area contributed by atoms with Crippen LogP contribution in [-0.4, -0.2) is 4.73 Å². The molecule has 0 fully saturated rings. The number of halogens is 2. The van der Waals surface area contributed by atoms with Crippen LogP contribution in [0.15, 0.2) is 77.6 Å². The van der Waals surface area contributed by atoms with E-state index < -0.39 is 11.4 Å². The Morgan fingerprint density at radius 1 is 1.04 bits per heavy atom. The first-order chi connectivity index (χ1) is 13.5. The lowest BCUT2D eigenvalue weighted by Gasteiger charge is -2.14. The lowest BCUT2D eigenvalue weighted by Crippen LogP contribution is -2.42. The molecule has 7 heteroatoms. The molecule has 0 aliphatic carbocycles. The molecule has 0 amide bonds. The molecular formula is C21H14ClFN2O3. The van der Waals surface area contributed by atoms with Gasteiger partial charge in [-0.15, -0.1) is 4.73 Å². The van der Waals surface area contributed by atoms with Gasteiger partial charge in [0.1, 0.15) is 12.4 Å². The smallest absolute Gasteiger partial charge is 0.357 e. The molecule has 0 atom stereocenters. The molecular weight excluding hydrogens is 383 g/mol. The largest absolute Gasteiger partial charge is 0.618 e. The van der Waals surface area contributed by atoms with Crippen LogP contribution in [0.25, 0.3) is 22.3 Å². The number of hydrogen-bond donors (Lipinski definition) is 0. The summed E-state index contributed by atoms with van der Waals surface area (Å²) in [5.74, 6) is -0.400. The number of aromatic nitrogens is 2. The third kappa shape index (κ3) is 3.30. The molecule has 3 aromatic carbocycles. The van der Waals surface area contributed by atoms with Crippen molar-refractivity contribution in [2.75, 3.05) is 0 Å². The predicted molar refractivity (Wildman–Crippen MR) is 104 cm³/mol. The van der Waals surface area contributed by atoms with E-state index in [9.17, 15) is 14.4 Å². The van der Waals surface area contributed by atoms with Crippen molar-refractivity contribution in [2.45, 2.75) is 6.61 Å². The second-order valence-electron chi connectivity index (χ2n) is 6.14. The van der Waals surface area contributed by atoms with Gasteiger partial charge in [-0.3, -0.25) is 4.79 Å². The topological polar surface area (TPSA) is 58.2 Å². The minimum atomic E-state index is -0.632. The molecule has 4 aromatic rings. The minimum Gasteiger partial charge on any atom is -0.618 e. The van der Waals surface area contributed by atoms with Crippen molar-refractivity contribution in [3.05, 3.63) is 105 Å². The van der Waals surface area contributed by atoms with Gasteiger partial charge in [0.25, 0.3) is 5.69 Å². The van der Waals surface area contributed by atoms with Gasteiger partial charge >= 0.3 is 5.56 Å². The van der Waals surface area contributed by atoms with Crippen LogP contribution in [-0.2, 0) is 6.61 Å². The molecule has 0 aliphatic rings. The number of benzene rings is 3. The molecule has 1 heterocycles. The molecule has 0 saturated heterocycles. The number of rotatable bonds is 4. The molecule has 4 rings (SSSR count). The van der Waals surface area contributed by atoms with Crippen molar-refractivity contribution >= 4 is 22.6 Å². The van der Waals surface area contributed by atoms with E-state index in [2.05, 4.69) is 0 Å². The van der Waals surface area contributed by atoms with Crippen molar-refractivity contribution in [1.82, 2.24) is 4.73 Å². The average molecular weight is 397 g/mol. The van der Waals surface area contributed by atoms with Crippen LogP contribution in [0.2, 0.25) is 5.02 Å². The van der Waals surface area contributed by atoms with E-state index in [1.54, 1.807) is 60.7 Å². The van der Waals surface area contributed by atoms with Crippen LogP contribution in [0.1, 0.15) is 5.56 Å². The highest BCUT2D eigenvalue weighted by Gasteiger charge is 2.23. The van der Waals surface area contributed by atoms with Crippen molar-refractivity contribution in [3.8, 4) is 11.3 Å². The molecule has 0 saturated carbocycles. The van der Waals surface area contributed by atoms with E-state index in [-0.39, 0.29) is 17.8 Å². The van der Waals surface area contributed by atoms with E-state index in [0.717, 1.165) is 4.73 Å². The molecule has 5 nitrogen and oxygen atoms in total. The maximum atomic E-state index is 13.4. The van der Waals surface area contributed by atoms with Crippen molar-refractivity contribution in [3.63, 3.8) is 0 Å². The highest BCUT2D eigenvalue weighted by molar-refractivity contribution is 6.30. The average Bonchev–Trinajstić information content (AvgIpc) is 2.68. The number of fused-ring (bicyclic) bond motifs is 1. The fourth-order valence-electron chi connectivity index (χ4n) is 2.99. The van der Waals surface area contributed by atoms with Gasteiger partial charge in [0.2, 0.25) is 5.52 Å². The van der Waals surface area contributed by atoms with Gasteiger partial charge in [0.05, 0.1) is 5.56 Å². The Morgan fingerprint density at radius 2 is 1.82 bits per heavy atom. The van der Waals surface area contributed by atoms with Crippen LogP contribution in [0.3, 0.4) is 0 Å². The van der Waals surface area contributed by atoms with Gasteiger partial charge in [-0.05, 0) is 42.0 Å². The van der Waals surface area contributed by atoms with Crippen LogP contribution in [0, 0.1) is 11.0 Å². The summed E-state index contributed by atoms with van der Waals surface area (Å²) in [5.41, 5.74) is 0.759. The Hall–Kier alpha value is -3.38. The highest BCUT2D eigenvalue weighted by atomic mass is 35.5. The first kappa shape index (κ1) is 18.0. The first-order valence-corrected chi connectivity index (χ1v) is 8.83. The summed E-state index contributed by atoms with van der Waals surface area (Å²) < 4.78 is 15.1. The van der Waals surface area contributed by atoms with Gasteiger partial charge in [-0.1, -0.05) is 41.9 Å². The Bertz CT molecular complexity index is 1240. The molecule has 0 bridgehead atoms. The summed E-state index contributed by atoms with van der Waals surface area (Å²) in [5, 5.41) is 13.3. The van der Waals surface area contributed by atoms with Crippen molar-refractivity contribution in [1.29, 1.82) is 0 Å². The van der Waals surface area contributed by atoms with Gasteiger partial charge in [0.15, 0.2) is 5.52 Å². The van der Waals surface area contributed by atoms with E-state index in [1.807, 2.05) is 0 Å². The predicted octanol–water partition coefficient (Wildman–Crippen LogP) is 3.72. The fraction of sp³-hybridized carbons (Fsp3) is 0.0476. The fourth-order valence-corrected chi connectivity index (χ4v) is 3.18. The highest BCUT2D eigenvalue weighted by Crippen LogP contribution is 2.19. The standard InChI is InChI=1S/C21H14ClFN2O3/c22-16-7-4-6-15(12-16)20-21(26)25(19-10-2-1-9-18(19)24(20)27)28-13-14-5-3-8-17(23)11-14/h1-12H,13H2. The van der Waals surface area contributed by atoms with Gasteiger partial charge < -0.3 is 10.0 Å². The molecule has 0 radical (unpaired) electrons. The molecule has 0 N–H and O–H groups in total. The lowest BCUT2D eigenvalue weighted by molar-refractivity contribution is -0.566. The van der Waals surface area contributed by atoms with Crippen LogP contribution >= 0.6 is 11.6 Å². The molecule has 28 heavy (non-hydrogen) atoms. The summed E-state index contributed by atoms with van der Waals surface area (Å²) >= 11 is 6.03. The molecule has 140 valence electrons. The molecule has 0 aliphatic heterocycles. The SMILES string of the molecule is O=c1c(-c2cccc(Cl)c2)[n+]([O-])c2ccccc2n1OCc1cccc(F)c1. The van der Waals surface area contributed by atoms with E-state index in [4.69, 9.17) is 16.4 Å². The summed E-state index contributed by atoms with van der Waals surface area (Å²) in [4.78, 5) is 18.8. The third-order valence-corrected chi connectivity index (χ3v) is 4.49. The van der Waals surface area contributed by atoms with Gasteiger partial charge in [0, 0.05) is 11.1 Å². The van der Waals surface area contributed by atoms with Crippen LogP contribution in [0.4, 0.5) is 4.39 Å². The molecule has 0 spiro atoms. The van der Waals surface area contributed by atoms with Crippen LogP contribution < -0.4 is 15.1 Å². The van der Waals surface area contributed by atoms with Crippen molar-refractivity contribution < 1.29 is 14.0 Å². The maximum absolute atomic E-state index is 13.4. The zero-order valence-corrected chi connectivity index (χ0v) is 15.3. The second kappa shape index (κ2) is 7.32. The zero-order valence-electron chi connectivity index (χ0n) is 14.5. The number of nitrogens with zero attached hydrogens (tertiary/aromatic N) is 2. The maximum Gasteiger partial charge on any atom is 0.357 e. The van der Waals surface area contributed by atoms with Crippen molar-refractivity contribution in [2.24, 2.45) is 0 Å². The monoisotopic (exact) mass is 396 g/mol. The Balaban J connectivity index is 1.89. The summed E-state index contributed by atoms with van der Waals surface area (Å²) in [7, 11) is 0. The molecule has 0 unspecified atom stereocenters. The van der Waals surface area contributed by atoms with Gasteiger partial charge in [-0.25, -0.2) is 4.39 Å². The zero-order chi connectivity index (χ0) is 19.7. The van der Waals surface area contributed by atoms with E-state index in [1.165, 1.54) is 12.1 Å². The van der Waals surface area contributed by atoms with E-state index >= 15 is 0 Å². The van der Waals surface area contributed by atoms with Gasteiger partial charge in [-0.2, -0.15) is 4.73 Å². The summed E-state index contributed by atoms with van der Waals surface area (Å²) in [6.45, 7) is -0.0421. The normalized spacial score (nSPS) is 10.9. The number of para-hydroxylation sites is 2. The lowest BCUT2D eigenvalue weighted by atomic mass is 10.1.